The maximum atomic E-state index is 5.77. The zero-order chi connectivity index (χ0) is 7.72. The fourth-order valence-electron chi connectivity index (χ4n) is 0.964. The molecule has 0 spiro atoms. The van der Waals surface area contributed by atoms with E-state index in [-0.39, 0.29) is 24.0 Å². The number of rotatable bonds is 1. The molecule has 66 valence electrons. The SMILES string of the molecule is CN(C(N)=[N+](C)C)C1CC1.[I-]. The Balaban J connectivity index is 0.000001000. The highest BCUT2D eigenvalue weighted by atomic mass is 127. The van der Waals surface area contributed by atoms with E-state index in [0.29, 0.717) is 6.04 Å². The van der Waals surface area contributed by atoms with E-state index in [1.54, 1.807) is 0 Å². The Bertz CT molecular complexity index is 159. The van der Waals surface area contributed by atoms with Crippen LogP contribution in [0.5, 0.6) is 0 Å². The molecular weight excluding hydrogens is 253 g/mol. The van der Waals surface area contributed by atoms with Crippen LogP contribution in [0.4, 0.5) is 0 Å². The molecule has 11 heavy (non-hydrogen) atoms. The molecule has 1 fully saturated rings. The molecule has 0 saturated heterocycles. The Morgan fingerprint density at radius 3 is 2.18 bits per heavy atom. The van der Waals surface area contributed by atoms with Gasteiger partial charge in [-0.1, -0.05) is 0 Å². The topological polar surface area (TPSA) is 32.3 Å². The van der Waals surface area contributed by atoms with E-state index in [4.69, 9.17) is 5.73 Å². The van der Waals surface area contributed by atoms with Gasteiger partial charge in [0.05, 0.1) is 27.2 Å². The van der Waals surface area contributed by atoms with Crippen LogP contribution in [-0.4, -0.2) is 42.6 Å². The highest BCUT2D eigenvalue weighted by Gasteiger charge is 2.32. The number of guanidine groups is 1. The Hall–Kier alpha value is 0. The van der Waals surface area contributed by atoms with Crippen molar-refractivity contribution in [1.82, 2.24) is 4.90 Å². The Morgan fingerprint density at radius 2 is 1.91 bits per heavy atom. The lowest BCUT2D eigenvalue weighted by atomic mass is 10.6. The van der Waals surface area contributed by atoms with Crippen molar-refractivity contribution in [2.24, 2.45) is 5.73 Å². The summed E-state index contributed by atoms with van der Waals surface area (Å²) in [4.78, 5) is 2.14. The van der Waals surface area contributed by atoms with Crippen molar-refractivity contribution in [2.45, 2.75) is 18.9 Å². The van der Waals surface area contributed by atoms with Crippen LogP contribution in [0.15, 0.2) is 0 Å². The zero-order valence-electron chi connectivity index (χ0n) is 7.34. The van der Waals surface area contributed by atoms with Gasteiger partial charge in [0, 0.05) is 0 Å². The number of hydrogen-bond donors (Lipinski definition) is 1. The largest absolute Gasteiger partial charge is 1.00 e. The minimum Gasteiger partial charge on any atom is -1.00 e. The molecule has 1 rings (SSSR count). The minimum atomic E-state index is 0. The van der Waals surface area contributed by atoms with Crippen LogP contribution in [0.25, 0.3) is 0 Å². The van der Waals surface area contributed by atoms with E-state index in [1.807, 2.05) is 25.7 Å². The predicted molar refractivity (Wildman–Crippen MR) is 42.1 cm³/mol. The summed E-state index contributed by atoms with van der Waals surface area (Å²) in [5, 5.41) is 0. The molecule has 3 nitrogen and oxygen atoms in total. The molecule has 0 atom stereocenters. The van der Waals surface area contributed by atoms with Crippen LogP contribution in [0, 0.1) is 0 Å². The highest BCUT2D eigenvalue weighted by molar-refractivity contribution is 5.73. The second kappa shape index (κ2) is 4.13. The molecule has 0 heterocycles. The molecule has 0 bridgehead atoms. The highest BCUT2D eigenvalue weighted by Crippen LogP contribution is 2.24. The van der Waals surface area contributed by atoms with Gasteiger partial charge in [0.25, 0.3) is 0 Å². The number of nitrogens with zero attached hydrogens (tertiary/aromatic N) is 2. The fraction of sp³-hybridized carbons (Fsp3) is 0.857. The molecule has 0 radical (unpaired) electrons. The summed E-state index contributed by atoms with van der Waals surface area (Å²) in [5.41, 5.74) is 5.77. The standard InChI is InChI=1S/C7H15N3.HI/c1-9(2)7(8)10(3)6-4-5-6;/h6,8H,4-5H2,1-3H3;1H. The molecule has 0 aliphatic heterocycles. The van der Waals surface area contributed by atoms with Crippen LogP contribution in [-0.2, 0) is 0 Å². The van der Waals surface area contributed by atoms with Crippen molar-refractivity contribution in [3.63, 3.8) is 0 Å². The molecule has 4 heteroatoms. The van der Waals surface area contributed by atoms with E-state index in [2.05, 4.69) is 4.90 Å². The number of nitrogens with two attached hydrogens (primary N) is 1. The lowest BCUT2D eigenvalue weighted by Crippen LogP contribution is -3.00. The predicted octanol–water partition coefficient (Wildman–Crippen LogP) is -3.33. The smallest absolute Gasteiger partial charge is 0.345 e. The molecule has 0 aromatic heterocycles. The summed E-state index contributed by atoms with van der Waals surface area (Å²) in [7, 11) is 5.98. The van der Waals surface area contributed by atoms with Gasteiger partial charge < -0.3 is 24.0 Å². The quantitative estimate of drug-likeness (QED) is 0.234. The monoisotopic (exact) mass is 269 g/mol. The molecule has 0 aromatic carbocycles. The molecule has 1 saturated carbocycles. The second-order valence-electron chi connectivity index (χ2n) is 3.09. The molecule has 0 aromatic rings. The zero-order valence-corrected chi connectivity index (χ0v) is 9.50. The summed E-state index contributed by atoms with van der Waals surface area (Å²) in [6, 6.07) is 0.711. The van der Waals surface area contributed by atoms with Crippen molar-refractivity contribution >= 4 is 5.96 Å². The van der Waals surface area contributed by atoms with Gasteiger partial charge in [0.1, 0.15) is 0 Å². The van der Waals surface area contributed by atoms with Crippen LogP contribution in [0.2, 0.25) is 0 Å². The van der Waals surface area contributed by atoms with Crippen LogP contribution in [0.3, 0.4) is 0 Å². The summed E-state index contributed by atoms with van der Waals surface area (Å²) in [5.74, 6) is 0.863. The first-order valence-electron chi connectivity index (χ1n) is 3.65. The van der Waals surface area contributed by atoms with E-state index >= 15 is 0 Å². The summed E-state index contributed by atoms with van der Waals surface area (Å²) in [6.07, 6.45) is 2.59. The van der Waals surface area contributed by atoms with Gasteiger partial charge in [0.2, 0.25) is 0 Å². The first kappa shape index (κ1) is 11.0. The van der Waals surface area contributed by atoms with Gasteiger partial charge in [0.15, 0.2) is 0 Å². The van der Waals surface area contributed by atoms with Gasteiger partial charge in [-0.05, 0) is 12.8 Å². The van der Waals surface area contributed by atoms with E-state index in [9.17, 15) is 0 Å². The van der Waals surface area contributed by atoms with Gasteiger partial charge >= 0.3 is 5.96 Å². The maximum absolute atomic E-state index is 5.77. The van der Waals surface area contributed by atoms with Crippen LogP contribution in [0.1, 0.15) is 12.8 Å². The summed E-state index contributed by atoms with van der Waals surface area (Å²) in [6.45, 7) is 0. The Labute approximate surface area is 85.3 Å². The molecule has 1 aliphatic rings. The molecule has 1 aliphatic carbocycles. The fourth-order valence-corrected chi connectivity index (χ4v) is 0.964. The molecule has 2 N–H and O–H groups in total. The van der Waals surface area contributed by atoms with Crippen molar-refractivity contribution in [3.05, 3.63) is 0 Å². The van der Waals surface area contributed by atoms with Crippen molar-refractivity contribution < 1.29 is 28.6 Å². The summed E-state index contributed by atoms with van der Waals surface area (Å²) >= 11 is 0. The van der Waals surface area contributed by atoms with Crippen LogP contribution < -0.4 is 29.7 Å². The lowest BCUT2D eigenvalue weighted by Gasteiger charge is -2.11. The third-order valence-corrected chi connectivity index (χ3v) is 1.91. The van der Waals surface area contributed by atoms with Gasteiger partial charge in [-0.25, -0.2) is 0 Å². The van der Waals surface area contributed by atoms with Crippen molar-refractivity contribution in [3.8, 4) is 0 Å². The summed E-state index contributed by atoms with van der Waals surface area (Å²) < 4.78 is 1.94. The Kier molecular flexibility index (Phi) is 4.13. The number of halogens is 1. The lowest BCUT2D eigenvalue weighted by molar-refractivity contribution is -0.471. The molecule has 0 unspecified atom stereocenters. The van der Waals surface area contributed by atoms with Crippen LogP contribution >= 0.6 is 0 Å². The van der Waals surface area contributed by atoms with E-state index in [0.717, 1.165) is 5.96 Å². The van der Waals surface area contributed by atoms with Crippen molar-refractivity contribution in [1.29, 1.82) is 0 Å². The van der Waals surface area contributed by atoms with E-state index in [1.165, 1.54) is 12.8 Å². The third-order valence-electron chi connectivity index (χ3n) is 1.91. The molecule has 0 amide bonds. The maximum Gasteiger partial charge on any atom is 0.345 e. The second-order valence-corrected chi connectivity index (χ2v) is 3.09. The average molecular weight is 269 g/mol. The number of hydrogen-bond acceptors (Lipinski definition) is 0. The molecular formula is C7H16IN3. The van der Waals surface area contributed by atoms with Gasteiger partial charge in [-0.3, -0.25) is 15.2 Å². The normalized spacial score (nSPS) is 15.2. The average Bonchev–Trinajstić information content (AvgIpc) is 2.65. The minimum absolute atomic E-state index is 0. The van der Waals surface area contributed by atoms with Gasteiger partial charge in [-0.15, -0.1) is 0 Å². The third kappa shape index (κ3) is 2.84. The van der Waals surface area contributed by atoms with Crippen molar-refractivity contribution in [2.75, 3.05) is 21.1 Å². The first-order chi connectivity index (χ1) is 4.63. The van der Waals surface area contributed by atoms with E-state index < -0.39 is 0 Å². The van der Waals surface area contributed by atoms with Gasteiger partial charge in [-0.2, -0.15) is 0 Å². The Morgan fingerprint density at radius 1 is 1.45 bits per heavy atom. The first-order valence-corrected chi connectivity index (χ1v) is 3.65.